The highest BCUT2D eigenvalue weighted by Crippen LogP contribution is 1.79. The number of hydrogen-bond donors (Lipinski definition) is 1. The fourth-order valence-electron chi connectivity index (χ4n) is 0.403. The molecule has 0 unspecified atom stereocenters. The van der Waals surface area contributed by atoms with Gasteiger partial charge in [0.2, 0.25) is 5.95 Å². The van der Waals surface area contributed by atoms with Gasteiger partial charge in [-0.3, -0.25) is 0 Å². The van der Waals surface area contributed by atoms with Crippen LogP contribution in [0.5, 0.6) is 0 Å². The lowest BCUT2D eigenvalue weighted by Gasteiger charge is -1.88. The summed E-state index contributed by atoms with van der Waals surface area (Å²) in [6.45, 7) is 0. The summed E-state index contributed by atoms with van der Waals surface area (Å²) >= 11 is 0. The summed E-state index contributed by atoms with van der Waals surface area (Å²) < 4.78 is 0. The highest BCUT2D eigenvalue weighted by molar-refractivity contribution is 6.31. The third-order valence-corrected chi connectivity index (χ3v) is 0.801. The number of nitrogens with two attached hydrogens (primary N) is 1. The first kappa shape index (κ1) is 5.09. The minimum absolute atomic E-state index is 0.329. The maximum atomic E-state index is 5.20. The molecule has 40 valence electrons. The molecule has 0 saturated carbocycles. The van der Waals surface area contributed by atoms with Crippen LogP contribution in [0.1, 0.15) is 0 Å². The number of hydrogen-bond acceptors (Lipinski definition) is 3. The molecule has 2 N–H and O–H groups in total. The first-order valence-electron chi connectivity index (χ1n) is 2.33. The van der Waals surface area contributed by atoms with Gasteiger partial charge in [0.1, 0.15) is 7.85 Å². The molecule has 0 spiro atoms. The van der Waals surface area contributed by atoms with Crippen LogP contribution >= 0.6 is 0 Å². The van der Waals surface area contributed by atoms with Crippen LogP contribution < -0.4 is 11.2 Å². The number of nitrogens with zero attached hydrogens (tertiary/aromatic N) is 2. The van der Waals surface area contributed by atoms with Gasteiger partial charge < -0.3 is 5.73 Å². The van der Waals surface area contributed by atoms with E-state index in [1.807, 2.05) is 7.85 Å². The maximum Gasteiger partial charge on any atom is 0.219 e. The average molecular weight is 107 g/mol. The van der Waals surface area contributed by atoms with Crippen LogP contribution in [0.3, 0.4) is 0 Å². The highest BCUT2D eigenvalue weighted by Gasteiger charge is 1.83. The molecule has 0 aliphatic heterocycles. The molecule has 4 heteroatoms. The lowest BCUT2D eigenvalue weighted by Crippen LogP contribution is -2.06. The molecular weight excluding hydrogens is 101 g/mol. The van der Waals surface area contributed by atoms with Crippen LogP contribution in [0.4, 0.5) is 5.95 Å². The zero-order valence-corrected chi connectivity index (χ0v) is 4.63. The Hall–Kier alpha value is -1.06. The number of anilines is 1. The fourth-order valence-corrected chi connectivity index (χ4v) is 0.403. The van der Waals surface area contributed by atoms with Gasteiger partial charge in [-0.05, 0) is 0 Å². The van der Waals surface area contributed by atoms with E-state index < -0.39 is 0 Å². The van der Waals surface area contributed by atoms with Gasteiger partial charge in [0.05, 0.1) is 0 Å². The standard InChI is InChI=1S/C4H6BN3/c5-3-1-7-4(6)8-2-3/h1-2H,5H2,(H2,6,7,8). The molecule has 1 aromatic heterocycles. The Kier molecular flexibility index (Phi) is 1.16. The zero-order chi connectivity index (χ0) is 5.98. The second-order valence-corrected chi connectivity index (χ2v) is 1.62. The molecule has 1 aromatic rings. The molecular formula is C4H6BN3. The molecule has 1 heterocycles. The lowest BCUT2D eigenvalue weighted by molar-refractivity contribution is 1.20. The van der Waals surface area contributed by atoms with Crippen molar-refractivity contribution in [1.82, 2.24) is 9.97 Å². The molecule has 1 rings (SSSR count). The van der Waals surface area contributed by atoms with Crippen LogP contribution in [0.25, 0.3) is 0 Å². The van der Waals surface area contributed by atoms with Crippen molar-refractivity contribution in [2.24, 2.45) is 0 Å². The van der Waals surface area contributed by atoms with Crippen molar-refractivity contribution < 1.29 is 0 Å². The van der Waals surface area contributed by atoms with Gasteiger partial charge in [0.15, 0.2) is 0 Å². The van der Waals surface area contributed by atoms with Gasteiger partial charge in [-0.1, -0.05) is 5.46 Å². The first-order chi connectivity index (χ1) is 3.79. The maximum absolute atomic E-state index is 5.20. The molecule has 3 nitrogen and oxygen atoms in total. The third kappa shape index (κ3) is 0.962. The van der Waals surface area contributed by atoms with Gasteiger partial charge in [-0.25, -0.2) is 9.97 Å². The molecule has 0 fully saturated rings. The van der Waals surface area contributed by atoms with E-state index in [0.29, 0.717) is 5.95 Å². The fraction of sp³-hybridized carbons (Fsp3) is 0. The van der Waals surface area contributed by atoms with Crippen molar-refractivity contribution >= 4 is 19.3 Å². The first-order valence-corrected chi connectivity index (χ1v) is 2.33. The Bertz CT molecular complexity index is 150. The Morgan fingerprint density at radius 3 is 2.25 bits per heavy atom. The van der Waals surface area contributed by atoms with E-state index in [1.54, 1.807) is 12.4 Å². The van der Waals surface area contributed by atoms with E-state index in [-0.39, 0.29) is 0 Å². The van der Waals surface area contributed by atoms with E-state index in [4.69, 9.17) is 5.73 Å². The molecule has 0 aliphatic carbocycles. The molecule has 8 heavy (non-hydrogen) atoms. The summed E-state index contributed by atoms with van der Waals surface area (Å²) in [4.78, 5) is 7.49. The minimum atomic E-state index is 0.329. The molecule has 0 radical (unpaired) electrons. The summed E-state index contributed by atoms with van der Waals surface area (Å²) in [5, 5.41) is 0. The van der Waals surface area contributed by atoms with Gasteiger partial charge in [-0.2, -0.15) is 0 Å². The molecule has 0 atom stereocenters. The van der Waals surface area contributed by atoms with E-state index in [0.717, 1.165) is 5.46 Å². The quantitative estimate of drug-likeness (QED) is 0.402. The minimum Gasteiger partial charge on any atom is -0.368 e. The summed E-state index contributed by atoms with van der Waals surface area (Å²) in [5.74, 6) is 0.329. The molecule has 0 amide bonds. The van der Waals surface area contributed by atoms with Crippen LogP contribution in [0, 0.1) is 0 Å². The summed E-state index contributed by atoms with van der Waals surface area (Å²) in [6, 6.07) is 0. The third-order valence-electron chi connectivity index (χ3n) is 0.801. The lowest BCUT2D eigenvalue weighted by atomic mass is 10.0. The molecule has 0 aromatic carbocycles. The van der Waals surface area contributed by atoms with Gasteiger partial charge in [-0.15, -0.1) is 0 Å². The SMILES string of the molecule is Bc1cnc(N)nc1. The van der Waals surface area contributed by atoms with Gasteiger partial charge in [0, 0.05) is 12.4 Å². The predicted molar refractivity (Wildman–Crippen MR) is 34.6 cm³/mol. The second-order valence-electron chi connectivity index (χ2n) is 1.62. The predicted octanol–water partition coefficient (Wildman–Crippen LogP) is -1.68. The topological polar surface area (TPSA) is 51.8 Å². The monoisotopic (exact) mass is 107 g/mol. The summed E-state index contributed by atoms with van der Waals surface area (Å²) in [5.41, 5.74) is 6.23. The smallest absolute Gasteiger partial charge is 0.219 e. The Morgan fingerprint density at radius 1 is 1.38 bits per heavy atom. The average Bonchev–Trinajstić information content (AvgIpc) is 1.77. The van der Waals surface area contributed by atoms with Crippen LogP contribution in [0.15, 0.2) is 12.4 Å². The largest absolute Gasteiger partial charge is 0.368 e. The number of aromatic nitrogens is 2. The summed E-state index contributed by atoms with van der Waals surface area (Å²) in [6.07, 6.45) is 3.37. The van der Waals surface area contributed by atoms with E-state index >= 15 is 0 Å². The molecule has 0 bridgehead atoms. The highest BCUT2D eigenvalue weighted by atomic mass is 15.0. The Balaban J connectivity index is 3.03. The normalized spacial score (nSPS) is 9.00. The Labute approximate surface area is 48.4 Å². The Morgan fingerprint density at radius 2 is 1.88 bits per heavy atom. The van der Waals surface area contributed by atoms with E-state index in [1.165, 1.54) is 0 Å². The van der Waals surface area contributed by atoms with Gasteiger partial charge >= 0.3 is 0 Å². The van der Waals surface area contributed by atoms with Gasteiger partial charge in [0.25, 0.3) is 0 Å². The molecule has 0 aliphatic rings. The van der Waals surface area contributed by atoms with Crippen LogP contribution in [-0.4, -0.2) is 17.8 Å². The van der Waals surface area contributed by atoms with Crippen molar-refractivity contribution in [3.8, 4) is 0 Å². The number of rotatable bonds is 0. The van der Waals surface area contributed by atoms with E-state index in [9.17, 15) is 0 Å². The van der Waals surface area contributed by atoms with Crippen LogP contribution in [0.2, 0.25) is 0 Å². The molecule has 0 saturated heterocycles. The number of nitrogen functional groups attached to an aromatic ring is 1. The van der Waals surface area contributed by atoms with Crippen molar-refractivity contribution in [1.29, 1.82) is 0 Å². The van der Waals surface area contributed by atoms with Crippen molar-refractivity contribution in [2.75, 3.05) is 5.73 Å². The van der Waals surface area contributed by atoms with Crippen molar-refractivity contribution in [3.63, 3.8) is 0 Å². The van der Waals surface area contributed by atoms with Crippen LogP contribution in [-0.2, 0) is 0 Å². The second kappa shape index (κ2) is 1.82. The van der Waals surface area contributed by atoms with Crippen molar-refractivity contribution in [2.45, 2.75) is 0 Å². The summed E-state index contributed by atoms with van der Waals surface area (Å²) in [7, 11) is 1.92. The van der Waals surface area contributed by atoms with E-state index in [2.05, 4.69) is 9.97 Å². The zero-order valence-electron chi connectivity index (χ0n) is 4.63. The van der Waals surface area contributed by atoms with Crippen molar-refractivity contribution in [3.05, 3.63) is 12.4 Å².